The molecule has 8 rings (SSSR count). The van der Waals surface area contributed by atoms with E-state index in [1.165, 1.54) is 28.4 Å². The first-order valence-corrected chi connectivity index (χ1v) is 19.5. The van der Waals surface area contributed by atoms with E-state index >= 15 is 0 Å². The SMILES string of the molecule is COC[C@H](NC(=O)OC)C(=O)N1[C@@H]2CC[C@H](C2)[C@H]1c1ncc(-c2ccc(-c3ncc(-c4cnc([C@@H]5[C@@H]6CC[C@H](C6)N5C(=O)[C@H](COC)NC(=O)OC)[nH]4)cn3)cc2)[nH]1. The van der Waals surface area contributed by atoms with Crippen LogP contribution in [0.25, 0.3) is 33.9 Å². The van der Waals surface area contributed by atoms with Crippen molar-refractivity contribution in [1.29, 1.82) is 0 Å². The van der Waals surface area contributed by atoms with Gasteiger partial charge in [-0.3, -0.25) is 9.59 Å². The van der Waals surface area contributed by atoms with Gasteiger partial charge in [0, 0.05) is 49.8 Å². The third-order valence-corrected chi connectivity index (χ3v) is 12.1. The van der Waals surface area contributed by atoms with Gasteiger partial charge in [0.2, 0.25) is 11.8 Å². The van der Waals surface area contributed by atoms with Crippen molar-refractivity contribution < 1.29 is 38.1 Å². The maximum atomic E-state index is 13.8. The van der Waals surface area contributed by atoms with E-state index in [-0.39, 0.29) is 61.0 Å². The second kappa shape index (κ2) is 16.5. The minimum atomic E-state index is -0.880. The number of nitrogens with one attached hydrogen (secondary N) is 4. The highest BCUT2D eigenvalue weighted by Crippen LogP contribution is 2.51. The number of likely N-dealkylation sites (tertiary alicyclic amines) is 2. The number of amides is 4. The number of aromatic amines is 2. The summed E-state index contributed by atoms with van der Waals surface area (Å²) in [6.07, 6.45) is 11.2. The molecule has 0 unspecified atom stereocenters. The molecule has 306 valence electrons. The van der Waals surface area contributed by atoms with Crippen LogP contribution in [0.5, 0.6) is 0 Å². The van der Waals surface area contributed by atoms with Gasteiger partial charge in [-0.2, -0.15) is 0 Å². The predicted octanol–water partition coefficient (Wildman–Crippen LogP) is 3.77. The zero-order chi connectivity index (χ0) is 40.5. The Balaban J connectivity index is 0.946. The smallest absolute Gasteiger partial charge is 0.407 e. The molecular formula is C40H48N10O8. The normalized spacial score (nSPS) is 24.1. The van der Waals surface area contributed by atoms with Gasteiger partial charge in [0.25, 0.3) is 0 Å². The molecule has 8 atom stereocenters. The Bertz CT molecular complexity index is 1970. The highest BCUT2D eigenvalue weighted by Gasteiger charge is 2.52. The molecule has 1 aromatic carbocycles. The van der Waals surface area contributed by atoms with Gasteiger partial charge in [0.1, 0.15) is 23.7 Å². The summed E-state index contributed by atoms with van der Waals surface area (Å²) in [5, 5.41) is 5.23. The Morgan fingerprint density at radius 1 is 0.638 bits per heavy atom. The third kappa shape index (κ3) is 7.37. The number of piperidine rings is 2. The lowest BCUT2D eigenvalue weighted by molar-refractivity contribution is -0.140. The molecule has 2 aliphatic carbocycles. The summed E-state index contributed by atoms with van der Waals surface area (Å²) in [5.74, 6) is 2.00. The molecule has 0 spiro atoms. The van der Waals surface area contributed by atoms with Gasteiger partial charge in [-0.05, 0) is 55.9 Å². The van der Waals surface area contributed by atoms with Crippen molar-refractivity contribution in [3.63, 3.8) is 0 Å². The molecule has 4 fully saturated rings. The largest absolute Gasteiger partial charge is 0.453 e. The summed E-state index contributed by atoms with van der Waals surface area (Å²) in [4.78, 5) is 80.9. The number of benzene rings is 1. The minimum absolute atomic E-state index is 0.0219. The van der Waals surface area contributed by atoms with Crippen LogP contribution in [0.4, 0.5) is 9.59 Å². The van der Waals surface area contributed by atoms with Gasteiger partial charge in [-0.25, -0.2) is 29.5 Å². The molecule has 58 heavy (non-hydrogen) atoms. The van der Waals surface area contributed by atoms with E-state index < -0.39 is 24.3 Å². The summed E-state index contributed by atoms with van der Waals surface area (Å²) in [6.45, 7) is 0.0502. The van der Waals surface area contributed by atoms with Crippen LogP contribution in [0.1, 0.15) is 62.3 Å². The van der Waals surface area contributed by atoms with Crippen molar-refractivity contribution in [3.8, 4) is 33.9 Å². The Morgan fingerprint density at radius 2 is 1.09 bits per heavy atom. The summed E-state index contributed by atoms with van der Waals surface area (Å²) in [6, 6.07) is 5.72. The quantitative estimate of drug-likeness (QED) is 0.152. The predicted molar refractivity (Wildman–Crippen MR) is 206 cm³/mol. The number of alkyl carbamates (subject to hydrolysis) is 2. The van der Waals surface area contributed by atoms with Crippen molar-refractivity contribution >= 4 is 24.0 Å². The van der Waals surface area contributed by atoms with Crippen molar-refractivity contribution in [2.75, 3.05) is 41.7 Å². The monoisotopic (exact) mass is 796 g/mol. The Hall–Kier alpha value is -5.88. The van der Waals surface area contributed by atoms with E-state index in [0.29, 0.717) is 17.5 Å². The van der Waals surface area contributed by atoms with Gasteiger partial charge >= 0.3 is 12.2 Å². The van der Waals surface area contributed by atoms with Gasteiger partial charge in [-0.1, -0.05) is 24.3 Å². The van der Waals surface area contributed by atoms with E-state index in [0.717, 1.165) is 66.6 Å². The fourth-order valence-electron chi connectivity index (χ4n) is 9.44. The molecule has 0 radical (unpaired) electrons. The summed E-state index contributed by atoms with van der Waals surface area (Å²) in [5.41, 5.74) is 4.03. The lowest BCUT2D eigenvalue weighted by Crippen LogP contribution is -2.53. The second-order valence-corrected chi connectivity index (χ2v) is 15.4. The summed E-state index contributed by atoms with van der Waals surface area (Å²) >= 11 is 0. The minimum Gasteiger partial charge on any atom is -0.453 e. The number of carbonyl (C=O) groups excluding carboxylic acids is 4. The average molecular weight is 797 g/mol. The zero-order valence-corrected chi connectivity index (χ0v) is 32.8. The van der Waals surface area contributed by atoms with E-state index in [9.17, 15) is 19.2 Å². The van der Waals surface area contributed by atoms with Crippen LogP contribution in [0.15, 0.2) is 49.1 Å². The first-order valence-electron chi connectivity index (χ1n) is 19.5. The fraction of sp³-hybridized carbons (Fsp3) is 0.500. The number of fused-ring (bicyclic) bond motifs is 4. The van der Waals surface area contributed by atoms with Crippen LogP contribution in [-0.2, 0) is 28.5 Å². The van der Waals surface area contributed by atoms with Crippen molar-refractivity contribution in [2.24, 2.45) is 11.8 Å². The molecule has 2 saturated carbocycles. The van der Waals surface area contributed by atoms with E-state index in [1.54, 1.807) is 24.8 Å². The number of hydrogen-bond donors (Lipinski definition) is 4. The first kappa shape index (κ1) is 39.0. The highest BCUT2D eigenvalue weighted by molar-refractivity contribution is 5.87. The lowest BCUT2D eigenvalue weighted by Gasteiger charge is -2.36. The topological polar surface area (TPSA) is 219 Å². The second-order valence-electron chi connectivity index (χ2n) is 15.4. The number of imidazole rings is 2. The Labute approximate surface area is 334 Å². The van der Waals surface area contributed by atoms with Crippen LogP contribution in [-0.4, -0.2) is 130 Å². The Kier molecular flexibility index (Phi) is 11.1. The number of carbonyl (C=O) groups is 4. The molecule has 5 heterocycles. The Morgan fingerprint density at radius 3 is 1.53 bits per heavy atom. The zero-order valence-electron chi connectivity index (χ0n) is 32.8. The number of rotatable bonds is 13. The van der Waals surface area contributed by atoms with Crippen molar-refractivity contribution in [1.82, 2.24) is 50.3 Å². The number of H-pyrrole nitrogens is 2. The van der Waals surface area contributed by atoms with E-state index in [2.05, 4.69) is 30.6 Å². The molecule has 3 aromatic heterocycles. The van der Waals surface area contributed by atoms with Gasteiger partial charge in [0.05, 0.1) is 63.3 Å². The molecule has 18 nitrogen and oxygen atoms in total. The molecule has 4 N–H and O–H groups in total. The third-order valence-electron chi connectivity index (χ3n) is 12.1. The molecule has 4 aromatic rings. The van der Waals surface area contributed by atoms with Crippen molar-refractivity contribution in [2.45, 2.75) is 74.8 Å². The molecule has 2 aliphatic heterocycles. The number of nitrogens with zero attached hydrogens (tertiary/aromatic N) is 6. The van der Waals surface area contributed by atoms with Gasteiger partial charge in [0.15, 0.2) is 5.82 Å². The van der Waals surface area contributed by atoms with E-state index in [1.807, 2.05) is 34.1 Å². The molecule has 4 aliphatic rings. The van der Waals surface area contributed by atoms with Gasteiger partial charge in [-0.15, -0.1) is 0 Å². The fourth-order valence-corrected chi connectivity index (χ4v) is 9.44. The number of ether oxygens (including phenoxy) is 4. The summed E-state index contributed by atoms with van der Waals surface area (Å²) < 4.78 is 20.0. The van der Waals surface area contributed by atoms with Crippen LogP contribution in [0, 0.1) is 11.8 Å². The van der Waals surface area contributed by atoms with Crippen molar-refractivity contribution in [3.05, 3.63) is 60.7 Å². The van der Waals surface area contributed by atoms with Crippen LogP contribution in [0.2, 0.25) is 0 Å². The molecular weight excluding hydrogens is 749 g/mol. The number of methoxy groups -OCH3 is 4. The lowest BCUT2D eigenvalue weighted by atomic mass is 9.97. The van der Waals surface area contributed by atoms with Crippen LogP contribution >= 0.6 is 0 Å². The highest BCUT2D eigenvalue weighted by atomic mass is 16.5. The average Bonchev–Trinajstić information content (AvgIpc) is 4.12. The van der Waals surface area contributed by atoms with Crippen LogP contribution in [0.3, 0.4) is 0 Å². The first-order chi connectivity index (χ1) is 28.2. The van der Waals surface area contributed by atoms with Crippen LogP contribution < -0.4 is 10.6 Å². The standard InChI is InChI=1S/C40H48N10O8/c1-55-19-30(47-39(53)57-3)37(51)49-26-11-9-23(13-26)32(49)35-43-17-28(45-35)21-5-7-22(8-6-21)34-41-15-25(16-42-34)29-18-44-36(46-29)33-24-10-12-27(14-24)50(33)38(52)31(20-56-2)48-40(54)58-4/h5-8,15-18,23-24,26-27,30-33H,9-14,19-20H2,1-4H3,(H,43,45)(H,44,46)(H,47,53)(H,48,54)/t23-,24-,26-,27-,30+,31+,32+,33+/m1/s1. The van der Waals surface area contributed by atoms with Gasteiger partial charge < -0.3 is 49.3 Å². The molecule has 4 bridgehead atoms. The molecule has 2 saturated heterocycles. The number of hydrogen-bond acceptors (Lipinski definition) is 12. The molecule has 4 amide bonds. The molecule has 18 heteroatoms. The summed E-state index contributed by atoms with van der Waals surface area (Å²) in [7, 11) is 5.50. The van der Waals surface area contributed by atoms with E-state index in [4.69, 9.17) is 28.9 Å². The number of aromatic nitrogens is 6. The maximum Gasteiger partial charge on any atom is 0.407 e. The maximum absolute atomic E-state index is 13.8.